The summed E-state index contributed by atoms with van der Waals surface area (Å²) >= 11 is 0. The van der Waals surface area contributed by atoms with E-state index in [0.717, 1.165) is 70.6 Å². The lowest BCUT2D eigenvalue weighted by atomic mass is 10.1. The number of allylic oxidation sites excluding steroid dienone is 4. The minimum Gasteiger partial charge on any atom is -0.462 e. The first-order valence-corrected chi connectivity index (χ1v) is 22.1. The predicted octanol–water partition coefficient (Wildman–Crippen LogP) is 12.7. The van der Waals surface area contributed by atoms with E-state index in [9.17, 15) is 19.0 Å². The molecule has 294 valence electrons. The molecule has 0 aromatic rings. The van der Waals surface area contributed by atoms with Gasteiger partial charge in [0, 0.05) is 12.8 Å². The number of ether oxygens (including phenoxy) is 2. The zero-order chi connectivity index (χ0) is 36.8. The van der Waals surface area contributed by atoms with Crippen molar-refractivity contribution >= 4 is 19.8 Å². The zero-order valence-corrected chi connectivity index (χ0v) is 33.5. The van der Waals surface area contributed by atoms with E-state index in [1.54, 1.807) is 6.92 Å². The molecule has 0 heterocycles. The number of carbonyl (C=O) groups is 2. The lowest BCUT2D eigenvalue weighted by Gasteiger charge is -2.19. The van der Waals surface area contributed by atoms with Gasteiger partial charge in [0.2, 0.25) is 0 Å². The van der Waals surface area contributed by atoms with E-state index in [2.05, 4.69) is 38.2 Å². The molecule has 0 rings (SSSR count). The molecule has 0 saturated heterocycles. The highest BCUT2D eigenvalue weighted by Crippen LogP contribution is 2.43. The maximum absolute atomic E-state index is 12.5. The van der Waals surface area contributed by atoms with Crippen molar-refractivity contribution in [2.45, 2.75) is 207 Å². The molecule has 0 aromatic heterocycles. The normalized spacial score (nSPS) is 13.6. The van der Waals surface area contributed by atoms with Crippen LogP contribution in [0.3, 0.4) is 0 Å². The van der Waals surface area contributed by atoms with Crippen molar-refractivity contribution < 1.29 is 37.6 Å². The zero-order valence-electron chi connectivity index (χ0n) is 32.6. The number of unbranched alkanes of at least 4 members (excludes halogenated alkanes) is 22. The van der Waals surface area contributed by atoms with Crippen molar-refractivity contribution in [3.05, 3.63) is 24.3 Å². The van der Waals surface area contributed by atoms with Crippen molar-refractivity contribution in [1.29, 1.82) is 0 Å². The van der Waals surface area contributed by atoms with Crippen LogP contribution in [0.4, 0.5) is 0 Å². The SMILES string of the molecule is CCCCCCCCC=CCCCCCCCC(=O)OC[C@H](COP(=O)(O)OCC)OC(=O)CCCCCCCC=CCCCCCCCC. The van der Waals surface area contributed by atoms with E-state index in [1.165, 1.54) is 89.9 Å². The summed E-state index contributed by atoms with van der Waals surface area (Å²) in [6.45, 7) is 5.45. The number of phosphoric acid groups is 1. The molecule has 0 aliphatic rings. The highest BCUT2D eigenvalue weighted by atomic mass is 31.2. The number of esters is 2. The van der Waals surface area contributed by atoms with Gasteiger partial charge in [0.1, 0.15) is 6.61 Å². The Morgan fingerprint density at radius 3 is 1.32 bits per heavy atom. The van der Waals surface area contributed by atoms with Gasteiger partial charge in [-0.3, -0.25) is 18.6 Å². The van der Waals surface area contributed by atoms with E-state index in [-0.39, 0.29) is 32.0 Å². The van der Waals surface area contributed by atoms with Crippen LogP contribution in [0.15, 0.2) is 24.3 Å². The Morgan fingerprint density at radius 2 is 0.900 bits per heavy atom. The topological polar surface area (TPSA) is 108 Å². The Hall–Kier alpha value is -1.47. The summed E-state index contributed by atoms with van der Waals surface area (Å²) in [7, 11) is -4.28. The first-order valence-electron chi connectivity index (χ1n) is 20.6. The van der Waals surface area contributed by atoms with Crippen LogP contribution in [0.25, 0.3) is 0 Å². The lowest BCUT2D eigenvalue weighted by molar-refractivity contribution is -0.161. The molecular formula is C41H77O8P. The predicted molar refractivity (Wildman–Crippen MR) is 207 cm³/mol. The number of rotatable bonds is 38. The fourth-order valence-electron chi connectivity index (χ4n) is 5.68. The molecule has 50 heavy (non-hydrogen) atoms. The van der Waals surface area contributed by atoms with Crippen molar-refractivity contribution in [1.82, 2.24) is 0 Å². The van der Waals surface area contributed by atoms with E-state index in [4.69, 9.17) is 18.5 Å². The number of hydrogen-bond donors (Lipinski definition) is 1. The minimum atomic E-state index is -4.28. The molecule has 0 aliphatic heterocycles. The van der Waals surface area contributed by atoms with Crippen LogP contribution in [-0.4, -0.2) is 42.8 Å². The van der Waals surface area contributed by atoms with Crippen LogP contribution >= 0.6 is 7.82 Å². The molecule has 1 N–H and O–H groups in total. The third-order valence-electron chi connectivity index (χ3n) is 8.73. The van der Waals surface area contributed by atoms with E-state index in [0.29, 0.717) is 6.42 Å². The fourth-order valence-corrected chi connectivity index (χ4v) is 6.43. The van der Waals surface area contributed by atoms with E-state index >= 15 is 0 Å². The number of phosphoric ester groups is 1. The van der Waals surface area contributed by atoms with Gasteiger partial charge < -0.3 is 14.4 Å². The number of carbonyl (C=O) groups excluding carboxylic acids is 2. The monoisotopic (exact) mass is 729 g/mol. The van der Waals surface area contributed by atoms with Gasteiger partial charge in [-0.25, -0.2) is 4.57 Å². The van der Waals surface area contributed by atoms with Gasteiger partial charge in [0.15, 0.2) is 6.10 Å². The summed E-state index contributed by atoms with van der Waals surface area (Å²) in [5.74, 6) is -0.813. The molecule has 9 heteroatoms. The minimum absolute atomic E-state index is 0.00134. The van der Waals surface area contributed by atoms with Gasteiger partial charge in [-0.1, -0.05) is 141 Å². The third kappa shape index (κ3) is 36.3. The van der Waals surface area contributed by atoms with Gasteiger partial charge in [-0.05, 0) is 71.1 Å². The molecule has 1 unspecified atom stereocenters. The molecule has 0 spiro atoms. The van der Waals surface area contributed by atoms with Crippen LogP contribution in [0.1, 0.15) is 201 Å². The molecule has 2 atom stereocenters. The van der Waals surface area contributed by atoms with Crippen LogP contribution in [0, 0.1) is 0 Å². The molecule has 0 aromatic carbocycles. The molecule has 8 nitrogen and oxygen atoms in total. The van der Waals surface area contributed by atoms with Crippen LogP contribution in [0.5, 0.6) is 0 Å². The Labute approximate surface area is 307 Å². The maximum Gasteiger partial charge on any atom is 0.472 e. The average molecular weight is 729 g/mol. The first-order chi connectivity index (χ1) is 24.3. The Bertz CT molecular complexity index is 875. The van der Waals surface area contributed by atoms with Crippen molar-refractivity contribution in [3.63, 3.8) is 0 Å². The van der Waals surface area contributed by atoms with Crippen molar-refractivity contribution in [2.24, 2.45) is 0 Å². The van der Waals surface area contributed by atoms with Gasteiger partial charge in [-0.15, -0.1) is 0 Å². The summed E-state index contributed by atoms with van der Waals surface area (Å²) in [5, 5.41) is 0. The molecule has 0 bridgehead atoms. The standard InChI is InChI=1S/C41H77O8P/c1-4-7-9-11-13-15-17-19-21-23-25-27-29-31-33-35-40(42)46-37-39(38-48-50(44,45)47-6-3)49-41(43)36-34-32-30-28-26-24-22-20-18-16-14-12-10-8-5-2/h19-22,39H,4-18,23-38H2,1-3H3,(H,44,45)/t39-/m1/s1. The highest BCUT2D eigenvalue weighted by molar-refractivity contribution is 7.47. The van der Waals surface area contributed by atoms with Gasteiger partial charge in [0.05, 0.1) is 13.2 Å². The van der Waals surface area contributed by atoms with Crippen molar-refractivity contribution in [2.75, 3.05) is 19.8 Å². The Morgan fingerprint density at radius 1 is 0.520 bits per heavy atom. The lowest BCUT2D eigenvalue weighted by Crippen LogP contribution is -2.29. The first kappa shape index (κ1) is 48.5. The summed E-state index contributed by atoms with van der Waals surface area (Å²) in [6, 6.07) is 0. The molecule has 0 amide bonds. The fraction of sp³-hybridized carbons (Fsp3) is 0.854. The maximum atomic E-state index is 12.5. The van der Waals surface area contributed by atoms with Gasteiger partial charge in [0.25, 0.3) is 0 Å². The largest absolute Gasteiger partial charge is 0.472 e. The molecule has 0 fully saturated rings. The smallest absolute Gasteiger partial charge is 0.462 e. The summed E-state index contributed by atoms with van der Waals surface area (Å²) in [6.07, 6.45) is 39.4. The highest BCUT2D eigenvalue weighted by Gasteiger charge is 2.25. The molecule has 0 saturated carbocycles. The summed E-state index contributed by atoms with van der Waals surface area (Å²) in [4.78, 5) is 34.7. The van der Waals surface area contributed by atoms with Crippen LogP contribution in [0.2, 0.25) is 0 Å². The van der Waals surface area contributed by atoms with Crippen molar-refractivity contribution in [3.8, 4) is 0 Å². The second-order valence-corrected chi connectivity index (χ2v) is 15.1. The molecule has 0 aliphatic carbocycles. The van der Waals surface area contributed by atoms with Gasteiger partial charge >= 0.3 is 19.8 Å². The molecule has 0 radical (unpaired) electrons. The third-order valence-corrected chi connectivity index (χ3v) is 9.79. The average Bonchev–Trinajstić information content (AvgIpc) is 3.09. The van der Waals surface area contributed by atoms with E-state index in [1.807, 2.05) is 0 Å². The van der Waals surface area contributed by atoms with Crippen LogP contribution in [-0.2, 0) is 32.7 Å². The van der Waals surface area contributed by atoms with E-state index < -0.39 is 26.5 Å². The summed E-state index contributed by atoms with van der Waals surface area (Å²) < 4.78 is 32.6. The van der Waals surface area contributed by atoms with Crippen LogP contribution < -0.4 is 0 Å². The Balaban J connectivity index is 4.13. The quantitative estimate of drug-likeness (QED) is 0.0290. The number of hydrogen-bond acceptors (Lipinski definition) is 7. The summed E-state index contributed by atoms with van der Waals surface area (Å²) in [5.41, 5.74) is 0. The van der Waals surface area contributed by atoms with Gasteiger partial charge in [-0.2, -0.15) is 0 Å². The second-order valence-electron chi connectivity index (χ2n) is 13.6. The second kappa shape index (κ2) is 37.3. The Kier molecular flexibility index (Phi) is 36.2. The molecular weight excluding hydrogens is 651 g/mol.